The van der Waals surface area contributed by atoms with E-state index in [9.17, 15) is 0 Å². The molecule has 1 heterocycles. The molecule has 0 amide bonds. The lowest BCUT2D eigenvalue weighted by molar-refractivity contribution is 1.03. The Morgan fingerprint density at radius 2 is 1.93 bits per heavy atom. The lowest BCUT2D eigenvalue weighted by Gasteiger charge is -2.00. The van der Waals surface area contributed by atoms with Crippen molar-refractivity contribution in [2.24, 2.45) is 0 Å². The van der Waals surface area contributed by atoms with Crippen molar-refractivity contribution in [2.75, 3.05) is 0 Å². The minimum absolute atomic E-state index is 0.755. The first-order valence-corrected chi connectivity index (χ1v) is 5.60. The molecular weight excluding hydrogens is 310 g/mol. The number of nitrogens with zero attached hydrogens (tertiary/aromatic N) is 1. The maximum Gasteiger partial charge on any atom is 0.131 e. The van der Waals surface area contributed by atoms with Gasteiger partial charge >= 0.3 is 0 Å². The highest BCUT2D eigenvalue weighted by Gasteiger charge is 2.09. The molecule has 1 N–H and O–H groups in total. The van der Waals surface area contributed by atoms with Crippen LogP contribution in [0.5, 0.6) is 0 Å². The van der Waals surface area contributed by atoms with E-state index in [1.54, 1.807) is 0 Å². The minimum atomic E-state index is 0.755. The van der Waals surface area contributed by atoms with E-state index < -0.39 is 0 Å². The summed E-state index contributed by atoms with van der Waals surface area (Å²) in [7, 11) is 0. The highest BCUT2D eigenvalue weighted by molar-refractivity contribution is 14.1. The molecule has 0 aliphatic heterocycles. The number of H-pyrrole nitrogens is 1. The van der Waals surface area contributed by atoms with Crippen molar-refractivity contribution in [2.45, 2.75) is 6.92 Å². The molecule has 0 aliphatic carbocycles. The molecule has 1 aromatic heterocycles. The molecule has 4 heteroatoms. The van der Waals surface area contributed by atoms with Crippen LogP contribution >= 0.6 is 34.2 Å². The number of nitrogens with one attached hydrogen (secondary N) is 1. The van der Waals surface area contributed by atoms with Crippen LogP contribution in [0, 0.1) is 10.6 Å². The molecule has 0 radical (unpaired) electrons. The molecule has 0 bridgehead atoms. The van der Waals surface area contributed by atoms with Gasteiger partial charge in [-0.15, -0.1) is 0 Å². The van der Waals surface area contributed by atoms with Gasteiger partial charge in [-0.05, 0) is 47.2 Å². The number of hydrogen-bond donors (Lipinski definition) is 1. The van der Waals surface area contributed by atoms with Crippen molar-refractivity contribution >= 4 is 34.2 Å². The lowest BCUT2D eigenvalue weighted by Crippen LogP contribution is -1.80. The zero-order valence-electron chi connectivity index (χ0n) is 7.51. The maximum absolute atomic E-state index is 5.83. The van der Waals surface area contributed by atoms with E-state index in [2.05, 4.69) is 32.8 Å². The fourth-order valence-corrected chi connectivity index (χ4v) is 2.31. The van der Waals surface area contributed by atoms with Crippen LogP contribution < -0.4 is 0 Å². The summed E-state index contributed by atoms with van der Waals surface area (Å²) in [6, 6.07) is 7.78. The average molecular weight is 319 g/mol. The summed E-state index contributed by atoms with van der Waals surface area (Å²) in [6.45, 7) is 2.01. The molecule has 2 aromatic rings. The van der Waals surface area contributed by atoms with Crippen molar-refractivity contribution in [1.29, 1.82) is 0 Å². The summed E-state index contributed by atoms with van der Waals surface area (Å²) in [6.07, 6.45) is 0. The Bertz CT molecular complexity index is 428. The molecule has 0 fully saturated rings. The molecule has 0 atom stereocenters. The fourth-order valence-electron chi connectivity index (χ4n) is 1.35. The van der Waals surface area contributed by atoms with Gasteiger partial charge in [0.25, 0.3) is 0 Å². The molecule has 0 saturated heterocycles. The second-order valence-electron chi connectivity index (χ2n) is 3.02. The number of halogens is 2. The van der Waals surface area contributed by atoms with Gasteiger partial charge in [-0.3, -0.25) is 5.10 Å². The number of hydrogen-bond acceptors (Lipinski definition) is 1. The first-order chi connectivity index (χ1) is 6.68. The normalized spacial score (nSPS) is 10.5. The summed E-state index contributed by atoms with van der Waals surface area (Å²) < 4.78 is 0.988. The van der Waals surface area contributed by atoms with Gasteiger partial charge in [-0.1, -0.05) is 23.7 Å². The van der Waals surface area contributed by atoms with Crippen LogP contribution in [-0.4, -0.2) is 10.2 Å². The fraction of sp³-hybridized carbons (Fsp3) is 0.100. The Labute approximate surface area is 101 Å². The zero-order valence-corrected chi connectivity index (χ0v) is 10.4. The number of aryl methyl sites for hydroxylation is 1. The SMILES string of the molecule is Cc1[nH]nc(I)c1-c1ccc(Cl)cc1. The molecular formula is C10H8ClIN2. The predicted molar refractivity (Wildman–Crippen MR) is 66.5 cm³/mol. The van der Waals surface area contributed by atoms with E-state index in [1.165, 1.54) is 0 Å². The van der Waals surface area contributed by atoms with Crippen LogP contribution in [0.15, 0.2) is 24.3 Å². The van der Waals surface area contributed by atoms with Gasteiger partial charge in [0, 0.05) is 16.3 Å². The first kappa shape index (κ1) is 9.98. The van der Waals surface area contributed by atoms with Gasteiger partial charge in [0.05, 0.1) is 0 Å². The van der Waals surface area contributed by atoms with Gasteiger partial charge in [0.15, 0.2) is 0 Å². The number of benzene rings is 1. The van der Waals surface area contributed by atoms with Gasteiger partial charge in [0.1, 0.15) is 3.70 Å². The van der Waals surface area contributed by atoms with Crippen LogP contribution in [0.1, 0.15) is 5.69 Å². The van der Waals surface area contributed by atoms with E-state index >= 15 is 0 Å². The van der Waals surface area contributed by atoms with Crippen molar-refractivity contribution in [1.82, 2.24) is 10.2 Å². The highest BCUT2D eigenvalue weighted by Crippen LogP contribution is 2.27. The van der Waals surface area contributed by atoms with Crippen molar-refractivity contribution in [3.8, 4) is 11.1 Å². The van der Waals surface area contributed by atoms with E-state index in [0.29, 0.717) is 0 Å². The van der Waals surface area contributed by atoms with E-state index in [0.717, 1.165) is 25.5 Å². The van der Waals surface area contributed by atoms with Crippen LogP contribution in [0.2, 0.25) is 5.02 Å². The summed E-state index contributed by atoms with van der Waals surface area (Å²) in [5.74, 6) is 0. The third-order valence-electron chi connectivity index (χ3n) is 2.04. The summed E-state index contributed by atoms with van der Waals surface area (Å²) >= 11 is 8.05. The molecule has 2 rings (SSSR count). The van der Waals surface area contributed by atoms with Gasteiger partial charge in [0.2, 0.25) is 0 Å². The maximum atomic E-state index is 5.83. The zero-order chi connectivity index (χ0) is 10.1. The average Bonchev–Trinajstić information content (AvgIpc) is 2.49. The van der Waals surface area contributed by atoms with Crippen molar-refractivity contribution in [3.63, 3.8) is 0 Å². The smallest absolute Gasteiger partial charge is 0.131 e. The van der Waals surface area contributed by atoms with Crippen LogP contribution in [0.25, 0.3) is 11.1 Å². The quantitative estimate of drug-likeness (QED) is 0.799. The molecule has 72 valence electrons. The third kappa shape index (κ3) is 1.79. The Kier molecular flexibility index (Phi) is 2.78. The molecule has 0 saturated carbocycles. The summed E-state index contributed by atoms with van der Waals surface area (Å²) in [5.41, 5.74) is 3.38. The van der Waals surface area contributed by atoms with Gasteiger partial charge in [-0.2, -0.15) is 5.10 Å². The van der Waals surface area contributed by atoms with Crippen molar-refractivity contribution < 1.29 is 0 Å². The largest absolute Gasteiger partial charge is 0.281 e. The topological polar surface area (TPSA) is 28.7 Å². The Hall–Kier alpha value is -0.550. The minimum Gasteiger partial charge on any atom is -0.281 e. The molecule has 0 spiro atoms. The van der Waals surface area contributed by atoms with Crippen LogP contribution in [-0.2, 0) is 0 Å². The van der Waals surface area contributed by atoms with Gasteiger partial charge < -0.3 is 0 Å². The second kappa shape index (κ2) is 3.90. The van der Waals surface area contributed by atoms with E-state index in [-0.39, 0.29) is 0 Å². The molecule has 2 nitrogen and oxygen atoms in total. The monoisotopic (exact) mass is 318 g/mol. The lowest BCUT2D eigenvalue weighted by atomic mass is 10.1. The number of rotatable bonds is 1. The Balaban J connectivity index is 2.54. The first-order valence-electron chi connectivity index (χ1n) is 4.15. The Morgan fingerprint density at radius 1 is 1.29 bits per heavy atom. The Morgan fingerprint density at radius 3 is 2.43 bits per heavy atom. The van der Waals surface area contributed by atoms with E-state index in [1.807, 2.05) is 31.2 Å². The van der Waals surface area contributed by atoms with Crippen LogP contribution in [0.3, 0.4) is 0 Å². The number of aromatic nitrogens is 2. The second-order valence-corrected chi connectivity index (χ2v) is 4.48. The standard InChI is InChI=1S/C10H8ClIN2/c1-6-9(10(12)14-13-6)7-2-4-8(11)5-3-7/h2-5H,1H3,(H,13,14). The summed E-state index contributed by atoms with van der Waals surface area (Å²) in [5, 5.41) is 7.86. The van der Waals surface area contributed by atoms with E-state index in [4.69, 9.17) is 11.6 Å². The number of aromatic amines is 1. The highest BCUT2D eigenvalue weighted by atomic mass is 127. The van der Waals surface area contributed by atoms with Gasteiger partial charge in [-0.25, -0.2) is 0 Å². The molecule has 14 heavy (non-hydrogen) atoms. The summed E-state index contributed by atoms with van der Waals surface area (Å²) in [4.78, 5) is 0. The van der Waals surface area contributed by atoms with Crippen molar-refractivity contribution in [3.05, 3.63) is 38.7 Å². The molecule has 0 aliphatic rings. The van der Waals surface area contributed by atoms with Crippen LogP contribution in [0.4, 0.5) is 0 Å². The predicted octanol–water partition coefficient (Wildman–Crippen LogP) is 3.64. The molecule has 0 unspecified atom stereocenters. The third-order valence-corrected chi connectivity index (χ3v) is 3.07. The molecule has 1 aromatic carbocycles.